The third-order valence-electron chi connectivity index (χ3n) is 2.33. The molecule has 0 aliphatic heterocycles. The molecule has 0 saturated carbocycles. The van der Waals surface area contributed by atoms with E-state index in [1.54, 1.807) is 13.8 Å². The van der Waals surface area contributed by atoms with Gasteiger partial charge in [0.05, 0.1) is 4.90 Å². The smallest absolute Gasteiger partial charge is 0.238 e. The second kappa shape index (κ2) is 4.80. The van der Waals surface area contributed by atoms with E-state index in [2.05, 4.69) is 0 Å². The van der Waals surface area contributed by atoms with Gasteiger partial charge in [0.1, 0.15) is 19.0 Å². The normalized spacial score (nSPS) is 11.5. The predicted molar refractivity (Wildman–Crippen MR) is 58.8 cm³/mol. The molecule has 0 spiro atoms. The maximum atomic E-state index is 11.9. The Hall–Kier alpha value is -1.14. The minimum Gasteiger partial charge on any atom is -0.491 e. The van der Waals surface area contributed by atoms with Gasteiger partial charge in [-0.25, -0.2) is 17.9 Å². The summed E-state index contributed by atoms with van der Waals surface area (Å²) in [6, 6.07) is 2.85. The predicted octanol–water partition coefficient (Wildman–Crippen LogP) is 1.30. The van der Waals surface area contributed by atoms with Gasteiger partial charge in [0.2, 0.25) is 10.0 Å². The summed E-state index contributed by atoms with van der Waals surface area (Å²) in [7, 11) is -3.72. The molecule has 1 rings (SSSR count). The number of halogens is 1. The lowest BCUT2D eigenvalue weighted by atomic mass is 10.1. The first kappa shape index (κ1) is 12.9. The quantitative estimate of drug-likeness (QED) is 0.871. The van der Waals surface area contributed by atoms with Crippen LogP contribution in [-0.2, 0) is 10.0 Å². The van der Waals surface area contributed by atoms with Crippen LogP contribution in [0, 0.1) is 13.8 Å². The molecule has 0 bridgehead atoms. The summed E-state index contributed by atoms with van der Waals surface area (Å²) in [5.74, 6) is 0.475. The van der Waals surface area contributed by atoms with Crippen molar-refractivity contribution in [1.29, 1.82) is 0 Å². The minimum atomic E-state index is -3.72. The Morgan fingerprint density at radius 1 is 1.31 bits per heavy atom. The molecule has 1 aromatic carbocycles. The fourth-order valence-electron chi connectivity index (χ4n) is 1.38. The van der Waals surface area contributed by atoms with E-state index in [0.29, 0.717) is 16.9 Å². The van der Waals surface area contributed by atoms with Crippen LogP contribution >= 0.6 is 0 Å². The largest absolute Gasteiger partial charge is 0.491 e. The van der Waals surface area contributed by atoms with Crippen molar-refractivity contribution in [3.8, 4) is 5.75 Å². The van der Waals surface area contributed by atoms with Gasteiger partial charge < -0.3 is 4.74 Å². The zero-order valence-corrected chi connectivity index (χ0v) is 9.97. The van der Waals surface area contributed by atoms with Crippen LogP contribution in [0.4, 0.5) is 4.39 Å². The number of alkyl halides is 1. The van der Waals surface area contributed by atoms with E-state index in [0.717, 1.165) is 0 Å². The fraction of sp³-hybridized carbons (Fsp3) is 0.400. The molecule has 0 atom stereocenters. The Balaban J connectivity index is 3.19. The first-order valence-electron chi connectivity index (χ1n) is 4.69. The molecule has 4 nitrogen and oxygen atoms in total. The molecule has 90 valence electrons. The van der Waals surface area contributed by atoms with Crippen LogP contribution in [0.2, 0.25) is 0 Å². The van der Waals surface area contributed by atoms with Crippen LogP contribution in [0.1, 0.15) is 11.1 Å². The molecule has 0 fully saturated rings. The second-order valence-electron chi connectivity index (χ2n) is 3.39. The van der Waals surface area contributed by atoms with Crippen molar-refractivity contribution in [2.75, 3.05) is 13.3 Å². The lowest BCUT2D eigenvalue weighted by Gasteiger charge is -2.12. The topological polar surface area (TPSA) is 69.4 Å². The zero-order valence-electron chi connectivity index (χ0n) is 9.16. The van der Waals surface area contributed by atoms with Crippen molar-refractivity contribution in [2.45, 2.75) is 18.7 Å². The third-order valence-corrected chi connectivity index (χ3v) is 3.38. The van der Waals surface area contributed by atoms with Gasteiger partial charge in [0.25, 0.3) is 0 Å². The first-order valence-corrected chi connectivity index (χ1v) is 6.24. The molecule has 0 radical (unpaired) electrons. The molecule has 2 N–H and O–H groups in total. The van der Waals surface area contributed by atoms with Crippen LogP contribution in [0.5, 0.6) is 5.75 Å². The van der Waals surface area contributed by atoms with Gasteiger partial charge >= 0.3 is 0 Å². The minimum absolute atomic E-state index is 0.0466. The molecular formula is C10H14FNO3S. The number of rotatable bonds is 4. The van der Waals surface area contributed by atoms with Crippen molar-refractivity contribution >= 4 is 10.0 Å². The van der Waals surface area contributed by atoms with Crippen molar-refractivity contribution in [3.63, 3.8) is 0 Å². The molecule has 0 heterocycles. The summed E-state index contributed by atoms with van der Waals surface area (Å²) in [6.07, 6.45) is 0. The average molecular weight is 247 g/mol. The van der Waals surface area contributed by atoms with Crippen molar-refractivity contribution in [3.05, 3.63) is 23.3 Å². The molecular weight excluding hydrogens is 233 g/mol. The molecule has 0 unspecified atom stereocenters. The summed E-state index contributed by atoms with van der Waals surface area (Å²) in [5.41, 5.74) is 1.18. The van der Waals surface area contributed by atoms with E-state index in [1.807, 2.05) is 0 Å². The van der Waals surface area contributed by atoms with Gasteiger partial charge in [-0.3, -0.25) is 0 Å². The van der Waals surface area contributed by atoms with Crippen LogP contribution in [-0.4, -0.2) is 21.7 Å². The maximum Gasteiger partial charge on any atom is 0.238 e. The summed E-state index contributed by atoms with van der Waals surface area (Å²) >= 11 is 0. The highest BCUT2D eigenvalue weighted by atomic mass is 32.2. The number of benzene rings is 1. The Labute approximate surface area is 94.3 Å². The average Bonchev–Trinajstić information content (AvgIpc) is 2.18. The second-order valence-corrected chi connectivity index (χ2v) is 4.92. The van der Waals surface area contributed by atoms with Gasteiger partial charge in [0.15, 0.2) is 0 Å². The van der Waals surface area contributed by atoms with E-state index in [4.69, 9.17) is 9.88 Å². The standard InChI is InChI=1S/C10H14FNO3S/c1-7-8(2)10(16(12,13)14)4-3-9(7)15-6-5-11/h3-4H,5-6H2,1-2H3,(H2,12,13,14). The van der Waals surface area contributed by atoms with E-state index in [1.165, 1.54) is 12.1 Å². The number of hydrogen-bond acceptors (Lipinski definition) is 3. The number of hydrogen-bond donors (Lipinski definition) is 1. The fourth-order valence-corrected chi connectivity index (χ4v) is 2.22. The summed E-state index contributed by atoms with van der Waals surface area (Å²) in [5, 5.41) is 5.05. The van der Waals surface area contributed by atoms with Crippen molar-refractivity contribution in [1.82, 2.24) is 0 Å². The molecule has 0 aliphatic carbocycles. The van der Waals surface area contributed by atoms with Crippen LogP contribution in [0.3, 0.4) is 0 Å². The van der Waals surface area contributed by atoms with Gasteiger partial charge in [-0.2, -0.15) is 0 Å². The van der Waals surface area contributed by atoms with E-state index in [9.17, 15) is 12.8 Å². The lowest BCUT2D eigenvalue weighted by Crippen LogP contribution is -2.14. The Kier molecular flexibility index (Phi) is 3.88. The monoisotopic (exact) mass is 247 g/mol. The summed E-state index contributed by atoms with van der Waals surface area (Å²) < 4.78 is 39.5. The third kappa shape index (κ3) is 2.70. The number of ether oxygens (including phenoxy) is 1. The number of sulfonamides is 1. The van der Waals surface area contributed by atoms with Gasteiger partial charge in [-0.1, -0.05) is 0 Å². The summed E-state index contributed by atoms with van der Waals surface area (Å²) in [6.45, 7) is 2.71. The highest BCUT2D eigenvalue weighted by molar-refractivity contribution is 7.89. The number of primary sulfonamides is 1. The molecule has 16 heavy (non-hydrogen) atoms. The molecule has 0 aliphatic rings. The lowest BCUT2D eigenvalue weighted by molar-refractivity contribution is 0.271. The van der Waals surface area contributed by atoms with E-state index in [-0.39, 0.29) is 11.5 Å². The van der Waals surface area contributed by atoms with Crippen LogP contribution in [0.25, 0.3) is 0 Å². The van der Waals surface area contributed by atoms with Gasteiger partial charge in [-0.05, 0) is 37.1 Å². The maximum absolute atomic E-state index is 11.9. The highest BCUT2D eigenvalue weighted by Crippen LogP contribution is 2.26. The van der Waals surface area contributed by atoms with E-state index < -0.39 is 16.7 Å². The van der Waals surface area contributed by atoms with Crippen molar-refractivity contribution < 1.29 is 17.5 Å². The van der Waals surface area contributed by atoms with Gasteiger partial charge in [-0.15, -0.1) is 0 Å². The van der Waals surface area contributed by atoms with Crippen LogP contribution in [0.15, 0.2) is 17.0 Å². The Morgan fingerprint density at radius 2 is 1.94 bits per heavy atom. The van der Waals surface area contributed by atoms with Crippen LogP contribution < -0.4 is 9.88 Å². The molecule has 0 amide bonds. The molecule has 6 heteroatoms. The summed E-state index contributed by atoms with van der Waals surface area (Å²) in [4.78, 5) is 0.0672. The Morgan fingerprint density at radius 3 is 2.44 bits per heavy atom. The molecule has 0 aromatic heterocycles. The van der Waals surface area contributed by atoms with Crippen molar-refractivity contribution in [2.24, 2.45) is 5.14 Å². The molecule has 1 aromatic rings. The van der Waals surface area contributed by atoms with E-state index >= 15 is 0 Å². The molecule has 0 saturated heterocycles. The number of nitrogens with two attached hydrogens (primary N) is 1. The van der Waals surface area contributed by atoms with Gasteiger partial charge in [0, 0.05) is 0 Å². The SMILES string of the molecule is Cc1c(OCCF)ccc(S(N)(=O)=O)c1C. The zero-order chi connectivity index (χ0) is 12.3. The highest BCUT2D eigenvalue weighted by Gasteiger charge is 2.15. The first-order chi connectivity index (χ1) is 7.38. The Bertz CT molecular complexity index is 485.